The van der Waals surface area contributed by atoms with Crippen molar-refractivity contribution in [3.05, 3.63) is 24.3 Å². The van der Waals surface area contributed by atoms with Gasteiger partial charge >= 0.3 is 13.8 Å². The van der Waals surface area contributed by atoms with Gasteiger partial charge in [-0.3, -0.25) is 13.8 Å². The van der Waals surface area contributed by atoms with Crippen molar-refractivity contribution in [3.63, 3.8) is 0 Å². The lowest BCUT2D eigenvalue weighted by atomic mass is 10.0. The van der Waals surface area contributed by atoms with Crippen LogP contribution in [0.15, 0.2) is 24.3 Å². The molecule has 0 amide bonds. The van der Waals surface area contributed by atoms with E-state index in [4.69, 9.17) is 24.3 Å². The SMILES string of the molecule is CCCCCCC/C=C\C/C=C\CCCCCCCCCCCCOCC(COP(=O)(O)OCCN)OC(=O)CCCCCCCCCCCCCCC. The Labute approximate surface area is 334 Å². The molecule has 3 N–H and O–H groups in total. The maximum absolute atomic E-state index is 12.6. The van der Waals surface area contributed by atoms with Crippen LogP contribution in [-0.2, 0) is 27.9 Å². The van der Waals surface area contributed by atoms with Crippen LogP contribution >= 0.6 is 7.82 Å². The van der Waals surface area contributed by atoms with Gasteiger partial charge in [0.2, 0.25) is 0 Å². The van der Waals surface area contributed by atoms with Gasteiger partial charge in [-0.2, -0.15) is 0 Å². The van der Waals surface area contributed by atoms with Gasteiger partial charge in [0.25, 0.3) is 0 Å². The molecule has 0 aromatic heterocycles. The van der Waals surface area contributed by atoms with Crippen LogP contribution in [0.2, 0.25) is 0 Å². The van der Waals surface area contributed by atoms with E-state index >= 15 is 0 Å². The van der Waals surface area contributed by atoms with Crippen molar-refractivity contribution in [1.82, 2.24) is 0 Å². The van der Waals surface area contributed by atoms with Crippen LogP contribution in [0.4, 0.5) is 0 Å². The van der Waals surface area contributed by atoms with Crippen molar-refractivity contribution in [3.8, 4) is 0 Å². The minimum Gasteiger partial charge on any atom is -0.457 e. The van der Waals surface area contributed by atoms with Gasteiger partial charge in [0, 0.05) is 19.6 Å². The summed E-state index contributed by atoms with van der Waals surface area (Å²) in [5, 5.41) is 0. The van der Waals surface area contributed by atoms with E-state index in [0.29, 0.717) is 13.0 Å². The molecule has 0 rings (SSSR count). The Kier molecular flexibility index (Phi) is 42.3. The molecule has 0 aliphatic heterocycles. The van der Waals surface area contributed by atoms with Crippen molar-refractivity contribution in [2.75, 3.05) is 33.0 Å². The number of rotatable bonds is 44. The topological polar surface area (TPSA) is 117 Å². The third-order valence-corrected chi connectivity index (χ3v) is 10.9. The van der Waals surface area contributed by atoms with Gasteiger partial charge in [-0.25, -0.2) is 4.57 Å². The second kappa shape index (κ2) is 43.1. The monoisotopic (exact) mass is 786 g/mol. The normalized spacial score (nSPS) is 13.6. The first-order valence-electron chi connectivity index (χ1n) is 22.8. The zero-order valence-electron chi connectivity index (χ0n) is 35.5. The fourth-order valence-corrected chi connectivity index (χ4v) is 7.26. The number of nitrogens with two attached hydrogens (primary N) is 1. The number of carbonyl (C=O) groups is 1. The van der Waals surface area contributed by atoms with E-state index in [-0.39, 0.29) is 32.3 Å². The highest BCUT2D eigenvalue weighted by atomic mass is 31.2. The largest absolute Gasteiger partial charge is 0.472 e. The molecule has 320 valence electrons. The fourth-order valence-electron chi connectivity index (χ4n) is 6.50. The van der Waals surface area contributed by atoms with E-state index in [1.54, 1.807) is 0 Å². The molecule has 0 bridgehead atoms. The standard InChI is InChI=1S/C45H88NO7P/c1-3-5-7-9-11-13-15-17-18-19-20-21-22-23-24-25-27-29-31-33-35-37-40-50-42-44(43-52-54(48,49)51-41-39-46)53-45(47)38-36-34-32-30-28-26-16-14-12-10-8-6-4-2/h15,17,19-20,44H,3-14,16,18,21-43,46H2,1-2H3,(H,48,49)/b17-15-,20-19-. The molecule has 0 fully saturated rings. The number of esters is 1. The summed E-state index contributed by atoms with van der Waals surface area (Å²) in [4.78, 5) is 22.5. The van der Waals surface area contributed by atoms with E-state index < -0.39 is 13.9 Å². The van der Waals surface area contributed by atoms with E-state index in [0.717, 1.165) is 38.5 Å². The predicted molar refractivity (Wildman–Crippen MR) is 229 cm³/mol. The van der Waals surface area contributed by atoms with Gasteiger partial charge in [-0.15, -0.1) is 0 Å². The third-order valence-electron chi connectivity index (χ3n) is 9.87. The molecule has 0 aromatic carbocycles. The molecule has 2 atom stereocenters. The van der Waals surface area contributed by atoms with Crippen LogP contribution in [0, 0.1) is 0 Å². The average Bonchev–Trinajstić information content (AvgIpc) is 3.16. The van der Waals surface area contributed by atoms with Gasteiger partial charge in [-0.1, -0.05) is 192 Å². The van der Waals surface area contributed by atoms with E-state index in [2.05, 4.69) is 38.2 Å². The summed E-state index contributed by atoms with van der Waals surface area (Å²) in [7, 11) is -4.27. The zero-order chi connectivity index (χ0) is 39.5. The van der Waals surface area contributed by atoms with Crippen molar-refractivity contribution in [2.24, 2.45) is 5.73 Å². The summed E-state index contributed by atoms with van der Waals surface area (Å²) < 4.78 is 33.5. The second-order valence-corrected chi connectivity index (χ2v) is 16.7. The van der Waals surface area contributed by atoms with Gasteiger partial charge in [0.05, 0.1) is 19.8 Å². The molecule has 54 heavy (non-hydrogen) atoms. The lowest BCUT2D eigenvalue weighted by Crippen LogP contribution is -2.28. The Hall–Kier alpha value is -1.02. The number of allylic oxidation sites excluding steroid dienone is 4. The molecule has 2 unspecified atom stereocenters. The maximum Gasteiger partial charge on any atom is 0.472 e. The lowest BCUT2D eigenvalue weighted by Gasteiger charge is -2.20. The first-order valence-corrected chi connectivity index (χ1v) is 24.3. The summed E-state index contributed by atoms with van der Waals surface area (Å²) >= 11 is 0. The molecule has 0 heterocycles. The summed E-state index contributed by atoms with van der Waals surface area (Å²) in [6.07, 6.45) is 47.7. The highest BCUT2D eigenvalue weighted by Gasteiger charge is 2.25. The molecule has 0 aromatic rings. The molecule has 0 saturated carbocycles. The Morgan fingerprint density at radius 2 is 0.981 bits per heavy atom. The Balaban J connectivity index is 3.94. The van der Waals surface area contributed by atoms with Crippen LogP contribution in [-0.4, -0.2) is 49.9 Å². The molecule has 0 aliphatic rings. The minimum atomic E-state index is -4.27. The molecule has 8 nitrogen and oxygen atoms in total. The Morgan fingerprint density at radius 1 is 0.556 bits per heavy atom. The van der Waals surface area contributed by atoms with Crippen LogP contribution in [0.3, 0.4) is 0 Å². The molecule has 9 heteroatoms. The molecular formula is C45H88NO7P. The van der Waals surface area contributed by atoms with Crippen LogP contribution in [0.5, 0.6) is 0 Å². The first kappa shape index (κ1) is 53.0. The first-order chi connectivity index (χ1) is 26.4. The molecule has 0 saturated heterocycles. The van der Waals surface area contributed by atoms with Gasteiger partial charge in [-0.05, 0) is 44.9 Å². The Morgan fingerprint density at radius 3 is 1.44 bits per heavy atom. The van der Waals surface area contributed by atoms with E-state index in [1.165, 1.54) is 161 Å². The van der Waals surface area contributed by atoms with E-state index in [9.17, 15) is 14.3 Å². The molecule has 0 aliphatic carbocycles. The predicted octanol–water partition coefficient (Wildman–Crippen LogP) is 13.6. The van der Waals surface area contributed by atoms with E-state index in [1.807, 2.05) is 0 Å². The smallest absolute Gasteiger partial charge is 0.457 e. The number of unbranched alkanes of at least 4 members (excludes halogenated alkanes) is 27. The van der Waals surface area contributed by atoms with Gasteiger partial charge < -0.3 is 20.1 Å². The number of phosphoric acid groups is 1. The number of phosphoric ester groups is 1. The number of ether oxygens (including phenoxy) is 2. The Bertz CT molecular complexity index is 884. The fraction of sp³-hybridized carbons (Fsp3) is 0.889. The number of carbonyl (C=O) groups excluding carboxylic acids is 1. The van der Waals surface area contributed by atoms with Crippen molar-refractivity contribution < 1.29 is 32.8 Å². The maximum atomic E-state index is 12.6. The van der Waals surface area contributed by atoms with Gasteiger partial charge in [0.15, 0.2) is 0 Å². The van der Waals surface area contributed by atoms with Crippen molar-refractivity contribution >= 4 is 13.8 Å². The highest BCUT2D eigenvalue weighted by molar-refractivity contribution is 7.47. The van der Waals surface area contributed by atoms with Gasteiger partial charge in [0.1, 0.15) is 6.10 Å². The minimum absolute atomic E-state index is 0.0938. The third kappa shape index (κ3) is 42.1. The summed E-state index contributed by atoms with van der Waals surface area (Å²) in [5.74, 6) is -0.329. The van der Waals surface area contributed by atoms with Crippen molar-refractivity contribution in [1.29, 1.82) is 0 Å². The molecule has 0 radical (unpaired) electrons. The second-order valence-electron chi connectivity index (χ2n) is 15.3. The molecular weight excluding hydrogens is 697 g/mol. The molecule has 0 spiro atoms. The summed E-state index contributed by atoms with van der Waals surface area (Å²) in [5.41, 5.74) is 5.37. The average molecular weight is 786 g/mol. The highest BCUT2D eigenvalue weighted by Crippen LogP contribution is 2.43. The van der Waals surface area contributed by atoms with Crippen LogP contribution in [0.25, 0.3) is 0 Å². The summed E-state index contributed by atoms with van der Waals surface area (Å²) in [6.45, 7) is 4.94. The lowest BCUT2D eigenvalue weighted by molar-refractivity contribution is -0.154. The van der Waals surface area contributed by atoms with Crippen molar-refractivity contribution in [2.45, 2.75) is 225 Å². The quantitative estimate of drug-likeness (QED) is 0.0271. The van der Waals surface area contributed by atoms with Crippen LogP contribution < -0.4 is 5.73 Å². The zero-order valence-corrected chi connectivity index (χ0v) is 36.4. The summed E-state index contributed by atoms with van der Waals surface area (Å²) in [6, 6.07) is 0. The van der Waals surface area contributed by atoms with Crippen LogP contribution in [0.1, 0.15) is 219 Å². The number of hydrogen-bond acceptors (Lipinski definition) is 7. The number of hydrogen-bond donors (Lipinski definition) is 2.